The van der Waals surface area contributed by atoms with Gasteiger partial charge < -0.3 is 47.4 Å². The van der Waals surface area contributed by atoms with Crippen molar-refractivity contribution in [1.82, 2.24) is 0 Å². The number of hydrogen-bond donors (Lipinski definition) is 0. The van der Waals surface area contributed by atoms with E-state index in [1.54, 1.807) is 24.3 Å². The number of rotatable bonds is 11. The largest absolute Gasteiger partial charge is 0.450 e. The van der Waals surface area contributed by atoms with Crippen LogP contribution in [0.25, 0.3) is 0 Å². The summed E-state index contributed by atoms with van der Waals surface area (Å²) in [5, 5.41) is 0. The Balaban J connectivity index is 0.899. The second-order valence-electron chi connectivity index (χ2n) is 17.8. The maximum Gasteiger partial charge on any atom is 0.338 e. The predicted octanol–water partition coefficient (Wildman–Crippen LogP) is 8.19. The van der Waals surface area contributed by atoms with E-state index in [4.69, 9.17) is 47.4 Å². The molecule has 11 nitrogen and oxygen atoms in total. The molecular weight excluding hydrogens is 837 g/mol. The molecule has 6 aromatic rings. The fraction of sp³-hybridized carbons (Fsp3) is 0.327. The van der Waals surface area contributed by atoms with E-state index in [1.807, 2.05) is 97.1 Å². The van der Waals surface area contributed by atoms with E-state index in [1.165, 1.54) is 0 Å². The van der Waals surface area contributed by atoms with Gasteiger partial charge in [0.15, 0.2) is 18.7 Å². The Labute approximate surface area is 383 Å². The van der Waals surface area contributed by atoms with Gasteiger partial charge in [0.1, 0.15) is 54.9 Å². The van der Waals surface area contributed by atoms with Gasteiger partial charge in [0, 0.05) is 5.56 Å². The quantitative estimate of drug-likeness (QED) is 0.118. The van der Waals surface area contributed by atoms with Crippen LogP contribution in [0.3, 0.4) is 0 Å². The second kappa shape index (κ2) is 17.9. The lowest BCUT2D eigenvalue weighted by molar-refractivity contribution is -0.331. The highest BCUT2D eigenvalue weighted by molar-refractivity contribution is 5.89. The molecular formula is C55H50O11. The van der Waals surface area contributed by atoms with Crippen LogP contribution >= 0.6 is 0 Å². The number of carbonyl (C=O) groups excluding carboxylic acids is 1. The Morgan fingerprint density at radius 2 is 1.11 bits per heavy atom. The van der Waals surface area contributed by atoms with Crippen molar-refractivity contribution in [2.45, 2.75) is 92.2 Å². The molecule has 2 bridgehead atoms. The molecule has 0 amide bonds. The third-order valence-corrected chi connectivity index (χ3v) is 14.0. The van der Waals surface area contributed by atoms with Crippen molar-refractivity contribution in [1.29, 1.82) is 0 Å². The van der Waals surface area contributed by atoms with Gasteiger partial charge in [-0.15, -0.1) is 0 Å². The SMILES string of the molecule is O=C(O[C@H]1[C@H]2OC[C@H](O2)[C@@H](OC2c3ccccc3C3(CO[C@@H]4[C@@H](OCc5ccccc5)[C@@H]5O[C@H](c6ccccc6)OC[C@H]5O[C@@H]43)c3ccccc32)[C@@H]1OCc1ccccc1)c1ccccc1. The lowest BCUT2D eigenvalue weighted by Gasteiger charge is -2.52. The number of carbonyl (C=O) groups is 1. The van der Waals surface area contributed by atoms with Gasteiger partial charge in [-0.3, -0.25) is 0 Å². The van der Waals surface area contributed by atoms with Gasteiger partial charge in [-0.25, -0.2) is 4.79 Å². The van der Waals surface area contributed by atoms with Crippen molar-refractivity contribution in [3.05, 3.63) is 214 Å². The number of ether oxygens (including phenoxy) is 10. The van der Waals surface area contributed by atoms with E-state index in [2.05, 4.69) is 48.5 Å². The summed E-state index contributed by atoms with van der Waals surface area (Å²) in [6, 6.07) is 55.8. The molecule has 66 heavy (non-hydrogen) atoms. The van der Waals surface area contributed by atoms with Gasteiger partial charge in [-0.2, -0.15) is 0 Å². The maximum absolute atomic E-state index is 13.7. The molecule has 11 heteroatoms. The second-order valence-corrected chi connectivity index (χ2v) is 17.8. The molecule has 0 radical (unpaired) electrons. The predicted molar refractivity (Wildman–Crippen MR) is 239 cm³/mol. The van der Waals surface area contributed by atoms with Gasteiger partial charge in [-0.05, 0) is 45.5 Å². The van der Waals surface area contributed by atoms with Crippen LogP contribution in [0.15, 0.2) is 170 Å². The zero-order chi connectivity index (χ0) is 44.0. The molecule has 0 N–H and O–H groups in total. The van der Waals surface area contributed by atoms with Crippen LogP contribution < -0.4 is 0 Å². The Bertz CT molecular complexity index is 2570. The van der Waals surface area contributed by atoms with E-state index < -0.39 is 85.0 Å². The molecule has 11 atom stereocenters. The van der Waals surface area contributed by atoms with Crippen molar-refractivity contribution >= 4 is 5.97 Å². The number of hydrogen-bond acceptors (Lipinski definition) is 11. The summed E-state index contributed by atoms with van der Waals surface area (Å²) in [6.45, 7) is 1.53. The lowest BCUT2D eigenvalue weighted by atomic mass is 9.62. The third-order valence-electron chi connectivity index (χ3n) is 14.0. The van der Waals surface area contributed by atoms with Gasteiger partial charge >= 0.3 is 5.97 Å². The Morgan fingerprint density at radius 1 is 0.530 bits per heavy atom. The van der Waals surface area contributed by atoms with Crippen molar-refractivity contribution in [3.63, 3.8) is 0 Å². The standard InChI is InChI=1S/C55H50O11/c56-52(36-21-9-3-10-22-36)65-50-48(58-30-35-19-7-2-8-20-35)45(43-32-60-54(50)63-43)64-44-38-25-13-15-27-40(38)55(41-28-16-14-26-39(41)44)33-61-49-47(57-29-34-17-5-1-6-18-34)46-42(62-51(49)55)31-59-53(66-46)37-23-11-4-12-24-37/h1-28,42-51,53-54H,29-33H2/t42-,43+,44?,45-,46-,47+,48+,49-,50-,51+,53-,54+,55?/m1/s1. The first-order chi connectivity index (χ1) is 32.6. The molecule has 12 rings (SSSR count). The fourth-order valence-electron chi connectivity index (χ4n) is 10.9. The topological polar surface area (TPSA) is 109 Å². The van der Waals surface area contributed by atoms with Gasteiger partial charge in [-0.1, -0.05) is 158 Å². The van der Waals surface area contributed by atoms with Crippen LogP contribution in [0.4, 0.5) is 0 Å². The van der Waals surface area contributed by atoms with Crippen molar-refractivity contribution in [3.8, 4) is 0 Å². The van der Waals surface area contributed by atoms with E-state index in [0.717, 1.165) is 38.9 Å². The first-order valence-corrected chi connectivity index (χ1v) is 22.9. The summed E-state index contributed by atoms with van der Waals surface area (Å²) in [5.74, 6) is -0.499. The highest BCUT2D eigenvalue weighted by Gasteiger charge is 2.65. The normalized spacial score (nSPS) is 32.7. The maximum atomic E-state index is 13.7. The van der Waals surface area contributed by atoms with Gasteiger partial charge in [0.25, 0.3) is 0 Å². The van der Waals surface area contributed by atoms with Crippen molar-refractivity contribution in [2.24, 2.45) is 0 Å². The summed E-state index contributed by atoms with van der Waals surface area (Å²) >= 11 is 0. The minimum Gasteiger partial charge on any atom is -0.450 e. The average molecular weight is 887 g/mol. The van der Waals surface area contributed by atoms with Crippen LogP contribution in [0.2, 0.25) is 0 Å². The molecule has 0 saturated carbocycles. The first-order valence-electron chi connectivity index (χ1n) is 22.9. The number of benzene rings is 6. The molecule has 6 aromatic carbocycles. The highest BCUT2D eigenvalue weighted by atomic mass is 16.8. The first kappa shape index (κ1) is 41.8. The minimum atomic E-state index is -0.924. The summed E-state index contributed by atoms with van der Waals surface area (Å²) in [6.07, 6.45) is -7.20. The van der Waals surface area contributed by atoms with Crippen LogP contribution in [0.5, 0.6) is 0 Å². The molecule has 1 aliphatic carbocycles. The lowest BCUT2D eigenvalue weighted by Crippen LogP contribution is -2.64. The molecule has 5 fully saturated rings. The molecule has 336 valence electrons. The van der Waals surface area contributed by atoms with E-state index in [-0.39, 0.29) is 13.2 Å². The smallest absolute Gasteiger partial charge is 0.338 e. The summed E-state index contributed by atoms with van der Waals surface area (Å²) < 4.78 is 67.7. The van der Waals surface area contributed by atoms with E-state index in [0.29, 0.717) is 25.4 Å². The minimum absolute atomic E-state index is 0.244. The zero-order valence-electron chi connectivity index (χ0n) is 36.1. The average Bonchev–Trinajstić information content (AvgIpc) is 3.99. The third kappa shape index (κ3) is 7.49. The Morgan fingerprint density at radius 3 is 1.77 bits per heavy atom. The van der Waals surface area contributed by atoms with Crippen LogP contribution in [0.1, 0.15) is 61.7 Å². The van der Waals surface area contributed by atoms with E-state index >= 15 is 0 Å². The summed E-state index contributed by atoms with van der Waals surface area (Å²) in [5.41, 5.74) is 6.62. The number of fused-ring (bicyclic) bond motifs is 9. The molecule has 5 heterocycles. The molecule has 5 saturated heterocycles. The Kier molecular flexibility index (Phi) is 11.4. The molecule has 6 aliphatic rings. The zero-order valence-corrected chi connectivity index (χ0v) is 36.1. The van der Waals surface area contributed by atoms with Crippen LogP contribution in [-0.2, 0) is 66.0 Å². The van der Waals surface area contributed by atoms with Crippen LogP contribution in [0, 0.1) is 0 Å². The highest BCUT2D eigenvalue weighted by Crippen LogP contribution is 2.57. The van der Waals surface area contributed by atoms with Gasteiger partial charge in [0.2, 0.25) is 0 Å². The Hall–Kier alpha value is -5.57. The monoisotopic (exact) mass is 886 g/mol. The van der Waals surface area contributed by atoms with Crippen molar-refractivity contribution in [2.75, 3.05) is 19.8 Å². The summed E-state index contributed by atoms with van der Waals surface area (Å²) in [7, 11) is 0. The van der Waals surface area contributed by atoms with Crippen molar-refractivity contribution < 1.29 is 52.2 Å². The van der Waals surface area contributed by atoms with Crippen LogP contribution in [-0.4, -0.2) is 87.0 Å². The fourth-order valence-corrected chi connectivity index (χ4v) is 10.9. The van der Waals surface area contributed by atoms with Gasteiger partial charge in [0.05, 0.1) is 44.0 Å². The molecule has 5 aliphatic heterocycles. The molecule has 0 unspecified atom stereocenters. The van der Waals surface area contributed by atoms with E-state index in [9.17, 15) is 4.79 Å². The summed E-state index contributed by atoms with van der Waals surface area (Å²) in [4.78, 5) is 13.7. The molecule has 1 spiro atoms. The number of esters is 1. The molecule has 0 aromatic heterocycles.